The molecule has 0 heterocycles. The first-order valence-corrected chi connectivity index (χ1v) is 4.41. The van der Waals surface area contributed by atoms with Crippen LogP contribution in [0.25, 0.3) is 0 Å². The summed E-state index contributed by atoms with van der Waals surface area (Å²) in [5.74, 6) is 0.247. The van der Waals surface area contributed by atoms with E-state index in [1.165, 1.54) is 12.8 Å². The normalized spacial score (nSPS) is 13.0. The quantitative estimate of drug-likeness (QED) is 0.639. The molecule has 0 aromatic carbocycles. The summed E-state index contributed by atoms with van der Waals surface area (Å²) < 4.78 is 0. The van der Waals surface area contributed by atoms with Crippen molar-refractivity contribution < 1.29 is 4.79 Å². The minimum atomic E-state index is 0.235. The summed E-state index contributed by atoms with van der Waals surface area (Å²) >= 11 is 0. The largest absolute Gasteiger partial charge is 0.328 e. The van der Waals surface area contributed by atoms with E-state index >= 15 is 0 Å². The molecule has 66 valence electrons. The summed E-state index contributed by atoms with van der Waals surface area (Å²) in [5, 5.41) is 0. The lowest BCUT2D eigenvalue weighted by Crippen LogP contribution is -2.20. The standard InChI is InChI=1S/C9H19NO/c1-3-4-5-9(10)7-6-8(2)11/h9H,3-7,10H2,1-2H3. The van der Waals surface area contributed by atoms with Crippen molar-refractivity contribution in [2.45, 2.75) is 52.0 Å². The predicted octanol–water partition coefficient (Wildman–Crippen LogP) is 1.87. The van der Waals surface area contributed by atoms with Gasteiger partial charge in [-0.05, 0) is 19.8 Å². The minimum absolute atomic E-state index is 0.235. The van der Waals surface area contributed by atoms with Crippen molar-refractivity contribution >= 4 is 5.78 Å². The molecule has 0 rings (SSSR count). The van der Waals surface area contributed by atoms with Gasteiger partial charge >= 0.3 is 0 Å². The van der Waals surface area contributed by atoms with Gasteiger partial charge in [0.15, 0.2) is 0 Å². The Morgan fingerprint density at radius 1 is 1.45 bits per heavy atom. The summed E-state index contributed by atoms with van der Waals surface area (Å²) in [5.41, 5.74) is 5.76. The second-order valence-corrected chi connectivity index (χ2v) is 3.14. The average molecular weight is 157 g/mol. The van der Waals surface area contributed by atoms with Gasteiger partial charge < -0.3 is 10.5 Å². The van der Waals surface area contributed by atoms with Gasteiger partial charge in [-0.1, -0.05) is 19.8 Å². The molecule has 11 heavy (non-hydrogen) atoms. The molecule has 2 heteroatoms. The van der Waals surface area contributed by atoms with E-state index in [0.717, 1.165) is 12.8 Å². The lowest BCUT2D eigenvalue weighted by molar-refractivity contribution is -0.117. The van der Waals surface area contributed by atoms with Gasteiger partial charge in [-0.2, -0.15) is 0 Å². The van der Waals surface area contributed by atoms with E-state index in [-0.39, 0.29) is 11.8 Å². The van der Waals surface area contributed by atoms with Crippen LogP contribution in [0.4, 0.5) is 0 Å². The molecule has 0 spiro atoms. The van der Waals surface area contributed by atoms with Crippen molar-refractivity contribution in [1.29, 1.82) is 0 Å². The molecule has 0 amide bonds. The fourth-order valence-electron chi connectivity index (χ4n) is 0.999. The topological polar surface area (TPSA) is 43.1 Å². The number of hydrogen-bond donors (Lipinski definition) is 1. The van der Waals surface area contributed by atoms with Crippen LogP contribution in [0.2, 0.25) is 0 Å². The lowest BCUT2D eigenvalue weighted by atomic mass is 10.0. The Bertz CT molecular complexity index is 112. The molecule has 0 aliphatic rings. The fourth-order valence-corrected chi connectivity index (χ4v) is 0.999. The first kappa shape index (κ1) is 10.6. The van der Waals surface area contributed by atoms with Gasteiger partial charge in [0, 0.05) is 12.5 Å². The van der Waals surface area contributed by atoms with Crippen molar-refractivity contribution in [3.8, 4) is 0 Å². The van der Waals surface area contributed by atoms with Crippen LogP contribution in [0.3, 0.4) is 0 Å². The van der Waals surface area contributed by atoms with Gasteiger partial charge in [0.2, 0.25) is 0 Å². The van der Waals surface area contributed by atoms with Crippen molar-refractivity contribution in [3.63, 3.8) is 0 Å². The molecule has 1 atom stereocenters. The summed E-state index contributed by atoms with van der Waals surface area (Å²) in [7, 11) is 0. The second kappa shape index (κ2) is 6.35. The minimum Gasteiger partial charge on any atom is -0.328 e. The molecule has 0 bridgehead atoms. The molecule has 0 aliphatic heterocycles. The highest BCUT2D eigenvalue weighted by atomic mass is 16.1. The number of carbonyl (C=O) groups is 1. The molecule has 1 unspecified atom stereocenters. The third-order valence-electron chi connectivity index (χ3n) is 1.80. The first-order valence-electron chi connectivity index (χ1n) is 4.41. The van der Waals surface area contributed by atoms with Crippen molar-refractivity contribution in [2.75, 3.05) is 0 Å². The van der Waals surface area contributed by atoms with Crippen LogP contribution in [-0.2, 0) is 4.79 Å². The Morgan fingerprint density at radius 2 is 2.09 bits per heavy atom. The van der Waals surface area contributed by atoms with E-state index in [1.54, 1.807) is 6.92 Å². The maximum atomic E-state index is 10.6. The average Bonchev–Trinajstić information content (AvgIpc) is 1.97. The summed E-state index contributed by atoms with van der Waals surface area (Å²) in [4.78, 5) is 10.6. The summed E-state index contributed by atoms with van der Waals surface area (Å²) in [6.07, 6.45) is 4.93. The lowest BCUT2D eigenvalue weighted by Gasteiger charge is -2.08. The fraction of sp³-hybridized carbons (Fsp3) is 0.889. The highest BCUT2D eigenvalue weighted by Gasteiger charge is 2.02. The Labute approximate surface area is 69.2 Å². The number of rotatable bonds is 6. The van der Waals surface area contributed by atoms with Crippen LogP contribution in [0.15, 0.2) is 0 Å². The maximum Gasteiger partial charge on any atom is 0.129 e. The molecule has 0 saturated carbocycles. The van der Waals surface area contributed by atoms with E-state index in [1.807, 2.05) is 0 Å². The van der Waals surface area contributed by atoms with Crippen molar-refractivity contribution in [2.24, 2.45) is 5.73 Å². The molecule has 0 aromatic heterocycles. The molecule has 0 radical (unpaired) electrons. The van der Waals surface area contributed by atoms with E-state index in [4.69, 9.17) is 5.73 Å². The van der Waals surface area contributed by atoms with Gasteiger partial charge in [0.25, 0.3) is 0 Å². The zero-order valence-electron chi connectivity index (χ0n) is 7.60. The summed E-state index contributed by atoms with van der Waals surface area (Å²) in [6.45, 7) is 3.77. The SMILES string of the molecule is CCCCC(N)CCC(C)=O. The van der Waals surface area contributed by atoms with E-state index in [2.05, 4.69) is 6.92 Å². The molecule has 0 saturated heterocycles. The Hall–Kier alpha value is -0.370. The second-order valence-electron chi connectivity index (χ2n) is 3.14. The van der Waals surface area contributed by atoms with Crippen LogP contribution >= 0.6 is 0 Å². The highest BCUT2D eigenvalue weighted by Crippen LogP contribution is 2.04. The van der Waals surface area contributed by atoms with E-state index in [9.17, 15) is 4.79 Å². The molecule has 2 nitrogen and oxygen atoms in total. The number of nitrogens with two attached hydrogens (primary N) is 1. The predicted molar refractivity (Wildman–Crippen MR) is 47.4 cm³/mol. The zero-order valence-corrected chi connectivity index (χ0v) is 7.60. The van der Waals surface area contributed by atoms with Crippen molar-refractivity contribution in [1.82, 2.24) is 0 Å². The zero-order chi connectivity index (χ0) is 8.69. The van der Waals surface area contributed by atoms with Gasteiger partial charge in [-0.3, -0.25) is 0 Å². The monoisotopic (exact) mass is 157 g/mol. The van der Waals surface area contributed by atoms with Crippen LogP contribution in [0, 0.1) is 0 Å². The Morgan fingerprint density at radius 3 is 2.55 bits per heavy atom. The van der Waals surface area contributed by atoms with E-state index in [0.29, 0.717) is 6.42 Å². The number of carbonyl (C=O) groups excluding carboxylic acids is 1. The molecule has 0 aromatic rings. The van der Waals surface area contributed by atoms with Gasteiger partial charge in [-0.15, -0.1) is 0 Å². The number of Topliss-reactive ketones (excluding diaryl/α,β-unsaturated/α-hetero) is 1. The molecular weight excluding hydrogens is 138 g/mol. The number of ketones is 1. The molecule has 0 fully saturated rings. The van der Waals surface area contributed by atoms with Gasteiger partial charge in [-0.25, -0.2) is 0 Å². The Balaban J connectivity index is 3.22. The van der Waals surface area contributed by atoms with E-state index < -0.39 is 0 Å². The van der Waals surface area contributed by atoms with Crippen molar-refractivity contribution in [3.05, 3.63) is 0 Å². The van der Waals surface area contributed by atoms with Crippen LogP contribution in [0.1, 0.15) is 46.0 Å². The highest BCUT2D eigenvalue weighted by molar-refractivity contribution is 5.75. The first-order chi connectivity index (χ1) is 5.16. The molecule has 0 aliphatic carbocycles. The number of hydrogen-bond acceptors (Lipinski definition) is 2. The smallest absolute Gasteiger partial charge is 0.129 e. The molecule has 2 N–H and O–H groups in total. The third-order valence-corrected chi connectivity index (χ3v) is 1.80. The van der Waals surface area contributed by atoms with Gasteiger partial charge in [0.05, 0.1) is 0 Å². The molecular formula is C9H19NO. The van der Waals surface area contributed by atoms with Crippen LogP contribution in [-0.4, -0.2) is 11.8 Å². The maximum absolute atomic E-state index is 10.6. The Kier molecular flexibility index (Phi) is 6.13. The summed E-state index contributed by atoms with van der Waals surface area (Å²) in [6, 6.07) is 0.235. The van der Waals surface area contributed by atoms with Crippen LogP contribution in [0.5, 0.6) is 0 Å². The van der Waals surface area contributed by atoms with Crippen LogP contribution < -0.4 is 5.73 Å². The number of unbranched alkanes of at least 4 members (excludes halogenated alkanes) is 1. The third kappa shape index (κ3) is 7.53. The van der Waals surface area contributed by atoms with Gasteiger partial charge in [0.1, 0.15) is 5.78 Å².